The van der Waals surface area contributed by atoms with Gasteiger partial charge in [0, 0.05) is 48.2 Å². The van der Waals surface area contributed by atoms with Crippen molar-refractivity contribution in [3.8, 4) is 0 Å². The lowest BCUT2D eigenvalue weighted by atomic mass is 10.0. The van der Waals surface area contributed by atoms with E-state index in [1.807, 2.05) is 30.0 Å². The van der Waals surface area contributed by atoms with Crippen molar-refractivity contribution in [2.75, 3.05) is 18.4 Å². The van der Waals surface area contributed by atoms with E-state index in [9.17, 15) is 9.18 Å². The van der Waals surface area contributed by atoms with Crippen molar-refractivity contribution in [1.29, 1.82) is 0 Å². The largest absolute Gasteiger partial charge is 0.355 e. The van der Waals surface area contributed by atoms with E-state index >= 15 is 0 Å². The van der Waals surface area contributed by atoms with E-state index < -0.39 is 0 Å². The fourth-order valence-corrected chi connectivity index (χ4v) is 3.41. The number of nitrogens with zero attached hydrogens (tertiary/aromatic N) is 2. The van der Waals surface area contributed by atoms with Crippen LogP contribution in [0.4, 0.5) is 15.8 Å². The molecule has 1 fully saturated rings. The van der Waals surface area contributed by atoms with Gasteiger partial charge < -0.3 is 10.2 Å². The second kappa shape index (κ2) is 7.85. The van der Waals surface area contributed by atoms with Crippen molar-refractivity contribution in [2.24, 2.45) is 5.92 Å². The minimum absolute atomic E-state index is 0.230. The van der Waals surface area contributed by atoms with Gasteiger partial charge in [0.1, 0.15) is 5.82 Å². The van der Waals surface area contributed by atoms with Crippen molar-refractivity contribution in [3.63, 3.8) is 0 Å². The maximum atomic E-state index is 13.4. The summed E-state index contributed by atoms with van der Waals surface area (Å²) in [4.78, 5) is 18.9. The van der Waals surface area contributed by atoms with E-state index in [-0.39, 0.29) is 17.6 Å². The molecule has 1 aliphatic heterocycles. The number of nitrogens with one attached hydrogen (secondary N) is 1. The van der Waals surface area contributed by atoms with Gasteiger partial charge in [-0.2, -0.15) is 0 Å². The lowest BCUT2D eigenvalue weighted by molar-refractivity contribution is -0.130. The Morgan fingerprint density at radius 2 is 2.12 bits per heavy atom. The van der Waals surface area contributed by atoms with Crippen molar-refractivity contribution < 1.29 is 9.18 Å². The van der Waals surface area contributed by atoms with Crippen molar-refractivity contribution in [1.82, 2.24) is 9.88 Å². The van der Waals surface area contributed by atoms with Gasteiger partial charge in [-0.1, -0.05) is 19.9 Å². The fraction of sp³-hybridized carbons (Fsp3) is 0.429. The summed E-state index contributed by atoms with van der Waals surface area (Å²) in [5, 5.41) is 3.25. The molecule has 2 heterocycles. The number of carbonyl (C=O) groups is 1. The van der Waals surface area contributed by atoms with Crippen LogP contribution in [-0.2, 0) is 4.79 Å². The zero-order chi connectivity index (χ0) is 18.7. The standard InChI is InChI=1S/C21H26FN3O/c1-14(2)9-21(26)25-8-7-16(13-25)20-12-19(10-15(3)23-20)24-18-6-4-5-17(22)11-18/h4-6,10-12,14,16H,7-9,13H2,1-3H3,(H,23,24)/t16-/m0/s1. The van der Waals surface area contributed by atoms with Crippen LogP contribution in [0.15, 0.2) is 36.4 Å². The van der Waals surface area contributed by atoms with Gasteiger partial charge in [0.25, 0.3) is 0 Å². The van der Waals surface area contributed by atoms with Gasteiger partial charge >= 0.3 is 0 Å². The molecule has 0 saturated carbocycles. The smallest absolute Gasteiger partial charge is 0.222 e. The van der Waals surface area contributed by atoms with Gasteiger partial charge in [-0.15, -0.1) is 0 Å². The summed E-state index contributed by atoms with van der Waals surface area (Å²) in [7, 11) is 0. The molecule has 4 nitrogen and oxygen atoms in total. The molecule has 1 aromatic heterocycles. The minimum atomic E-state index is -0.267. The maximum Gasteiger partial charge on any atom is 0.222 e. The monoisotopic (exact) mass is 355 g/mol. The predicted octanol–water partition coefficient (Wildman–Crippen LogP) is 4.63. The average molecular weight is 355 g/mol. The average Bonchev–Trinajstić information content (AvgIpc) is 3.04. The van der Waals surface area contributed by atoms with Crippen LogP contribution in [0.3, 0.4) is 0 Å². The quantitative estimate of drug-likeness (QED) is 0.850. The Hall–Kier alpha value is -2.43. The molecule has 5 heteroatoms. The van der Waals surface area contributed by atoms with E-state index in [2.05, 4.69) is 24.1 Å². The molecule has 1 N–H and O–H groups in total. The molecule has 0 radical (unpaired) electrons. The van der Waals surface area contributed by atoms with E-state index in [1.54, 1.807) is 6.07 Å². The molecule has 1 saturated heterocycles. The van der Waals surface area contributed by atoms with Crippen LogP contribution in [-0.4, -0.2) is 28.9 Å². The van der Waals surface area contributed by atoms with Crippen LogP contribution < -0.4 is 5.32 Å². The van der Waals surface area contributed by atoms with Crippen molar-refractivity contribution in [3.05, 3.63) is 53.6 Å². The first-order valence-electron chi connectivity index (χ1n) is 9.19. The topological polar surface area (TPSA) is 45.2 Å². The van der Waals surface area contributed by atoms with Gasteiger partial charge in [-0.05, 0) is 49.6 Å². The first-order valence-corrected chi connectivity index (χ1v) is 9.19. The molecule has 0 aliphatic carbocycles. The van der Waals surface area contributed by atoms with Gasteiger partial charge in [0.05, 0.1) is 0 Å². The summed E-state index contributed by atoms with van der Waals surface area (Å²) in [5.74, 6) is 0.587. The second-order valence-corrected chi connectivity index (χ2v) is 7.48. The maximum absolute atomic E-state index is 13.4. The highest BCUT2D eigenvalue weighted by Gasteiger charge is 2.28. The van der Waals surface area contributed by atoms with Crippen LogP contribution in [0.25, 0.3) is 0 Å². The van der Waals surface area contributed by atoms with Crippen molar-refractivity contribution in [2.45, 2.75) is 39.5 Å². The van der Waals surface area contributed by atoms with E-state index in [1.165, 1.54) is 12.1 Å². The number of benzene rings is 1. The number of aryl methyl sites for hydroxylation is 1. The third-order valence-corrected chi connectivity index (χ3v) is 4.63. The summed E-state index contributed by atoms with van der Waals surface area (Å²) in [6.45, 7) is 7.60. The minimum Gasteiger partial charge on any atom is -0.355 e. The molecule has 1 atom stereocenters. The van der Waals surface area contributed by atoms with E-state index in [4.69, 9.17) is 0 Å². The van der Waals surface area contributed by atoms with E-state index in [0.717, 1.165) is 36.6 Å². The Balaban J connectivity index is 1.73. The number of likely N-dealkylation sites (tertiary alicyclic amines) is 1. The summed E-state index contributed by atoms with van der Waals surface area (Å²) < 4.78 is 13.4. The number of carbonyl (C=O) groups excluding carboxylic acids is 1. The molecule has 1 amide bonds. The molecule has 1 aromatic carbocycles. The Bertz CT molecular complexity index is 791. The highest BCUT2D eigenvalue weighted by atomic mass is 19.1. The Morgan fingerprint density at radius 3 is 2.85 bits per heavy atom. The summed E-state index contributed by atoms with van der Waals surface area (Å²) in [5.41, 5.74) is 3.50. The number of hydrogen-bond donors (Lipinski definition) is 1. The van der Waals surface area contributed by atoms with E-state index in [0.29, 0.717) is 18.0 Å². The normalized spacial score (nSPS) is 17.0. The molecule has 0 spiro atoms. The summed E-state index contributed by atoms with van der Waals surface area (Å²) in [6, 6.07) is 10.4. The first kappa shape index (κ1) is 18.4. The third kappa shape index (κ3) is 4.59. The fourth-order valence-electron chi connectivity index (χ4n) is 3.41. The molecule has 0 unspecified atom stereocenters. The number of anilines is 2. The number of hydrogen-bond acceptors (Lipinski definition) is 3. The molecular weight excluding hydrogens is 329 g/mol. The SMILES string of the molecule is Cc1cc(Nc2cccc(F)c2)cc([C@H]2CCN(C(=O)CC(C)C)C2)n1. The number of pyridine rings is 1. The van der Waals surface area contributed by atoms with Crippen molar-refractivity contribution >= 4 is 17.3 Å². The van der Waals surface area contributed by atoms with Crippen LogP contribution >= 0.6 is 0 Å². The van der Waals surface area contributed by atoms with Crippen LogP contribution in [0.1, 0.15) is 44.0 Å². The first-order chi connectivity index (χ1) is 12.4. The van der Waals surface area contributed by atoms with Crippen LogP contribution in [0, 0.1) is 18.7 Å². The zero-order valence-corrected chi connectivity index (χ0v) is 15.6. The third-order valence-electron chi connectivity index (χ3n) is 4.63. The molecule has 0 bridgehead atoms. The highest BCUT2D eigenvalue weighted by molar-refractivity contribution is 5.76. The van der Waals surface area contributed by atoms with Gasteiger partial charge in [-0.25, -0.2) is 4.39 Å². The number of halogens is 1. The van der Waals surface area contributed by atoms with Gasteiger partial charge in [-0.3, -0.25) is 9.78 Å². The Morgan fingerprint density at radius 1 is 1.31 bits per heavy atom. The Kier molecular flexibility index (Phi) is 5.55. The molecule has 1 aliphatic rings. The summed E-state index contributed by atoms with van der Waals surface area (Å²) in [6.07, 6.45) is 1.53. The number of aromatic nitrogens is 1. The molecule has 138 valence electrons. The predicted molar refractivity (Wildman–Crippen MR) is 102 cm³/mol. The lowest BCUT2D eigenvalue weighted by Gasteiger charge is -2.18. The molecular formula is C21H26FN3O. The highest BCUT2D eigenvalue weighted by Crippen LogP contribution is 2.29. The molecule has 26 heavy (non-hydrogen) atoms. The van der Waals surface area contributed by atoms with Gasteiger partial charge in [0.15, 0.2) is 0 Å². The number of amides is 1. The van der Waals surface area contributed by atoms with Gasteiger partial charge in [0.2, 0.25) is 5.91 Å². The lowest BCUT2D eigenvalue weighted by Crippen LogP contribution is -2.29. The number of rotatable bonds is 5. The van der Waals surface area contributed by atoms with Crippen LogP contribution in [0.5, 0.6) is 0 Å². The summed E-state index contributed by atoms with van der Waals surface area (Å²) >= 11 is 0. The second-order valence-electron chi connectivity index (χ2n) is 7.48. The van der Waals surface area contributed by atoms with Crippen LogP contribution in [0.2, 0.25) is 0 Å². The molecule has 2 aromatic rings. The molecule has 3 rings (SSSR count). The Labute approximate surface area is 154 Å². The zero-order valence-electron chi connectivity index (χ0n) is 15.6.